The molecule has 2 fully saturated rings. The van der Waals surface area contributed by atoms with Gasteiger partial charge in [-0.05, 0) is 77.6 Å². The first-order chi connectivity index (χ1) is 19.4. The van der Waals surface area contributed by atoms with E-state index in [1.807, 2.05) is 63.8 Å². The molecule has 0 radical (unpaired) electrons. The highest BCUT2D eigenvalue weighted by Crippen LogP contribution is 2.44. The molecule has 0 aliphatic carbocycles. The van der Waals surface area contributed by atoms with Gasteiger partial charge in [-0.15, -0.1) is 0 Å². The minimum atomic E-state index is -0.483. The van der Waals surface area contributed by atoms with Crippen molar-refractivity contribution in [1.82, 2.24) is 14.9 Å². The molecular formula is C32H40N6O3. The Labute approximate surface area is 242 Å². The van der Waals surface area contributed by atoms with Gasteiger partial charge in [0, 0.05) is 43.0 Å². The number of amides is 1. The molecule has 3 aromatic rings. The first-order valence-electron chi connectivity index (χ1n) is 14.3. The Hall–Kier alpha value is -4.06. The Balaban J connectivity index is 1.37. The summed E-state index contributed by atoms with van der Waals surface area (Å²) in [5, 5.41) is 14.0. The normalized spacial score (nSPS) is 17.1. The van der Waals surface area contributed by atoms with E-state index in [0.29, 0.717) is 11.4 Å². The molecule has 0 saturated carbocycles. The maximum atomic E-state index is 12.5. The van der Waals surface area contributed by atoms with Crippen LogP contribution in [0.4, 0.5) is 16.3 Å². The van der Waals surface area contributed by atoms with Gasteiger partial charge in [0.05, 0.1) is 36.0 Å². The summed E-state index contributed by atoms with van der Waals surface area (Å²) in [4.78, 5) is 26.2. The topological polar surface area (TPSA) is 104 Å². The fourth-order valence-corrected chi connectivity index (χ4v) is 6.07. The number of likely N-dealkylation sites (tertiary alicyclic amines) is 1. The number of carbonyl (C=O) groups excluding carboxylic acids is 1. The van der Waals surface area contributed by atoms with Crippen LogP contribution in [-0.2, 0) is 4.74 Å². The van der Waals surface area contributed by atoms with Crippen LogP contribution in [0.2, 0.25) is 0 Å². The maximum Gasteiger partial charge on any atom is 0.410 e. The standard InChI is InChI=1S/C32H40N6O3/c1-20-23(17-33)9-8-10-24(20)21(2)34-29-25-15-27(28(40-7)16-26(25)35-22(3)36-29)37-13-11-32(12-14-37)18-38(19-32)30(39)41-31(4,5)6/h8-10,15-16,21H,11-14,18-19H2,1-7H3,(H,34,35,36)/t21-/m1/s1. The molecule has 3 heterocycles. The zero-order chi connectivity index (χ0) is 29.5. The molecule has 1 spiro atoms. The number of benzene rings is 2. The zero-order valence-corrected chi connectivity index (χ0v) is 25.2. The van der Waals surface area contributed by atoms with E-state index in [1.54, 1.807) is 7.11 Å². The SMILES string of the molecule is COc1cc2nc(C)nc(N[C@H](C)c3cccc(C#N)c3C)c2cc1N1CCC2(CC1)CN(C(=O)OC(C)(C)C)C2. The Morgan fingerprint density at radius 1 is 1.15 bits per heavy atom. The largest absolute Gasteiger partial charge is 0.495 e. The molecule has 9 heteroatoms. The van der Waals surface area contributed by atoms with Crippen LogP contribution in [-0.4, -0.2) is 59.9 Å². The molecule has 1 amide bonds. The van der Waals surface area contributed by atoms with Crippen LogP contribution in [0.25, 0.3) is 10.9 Å². The summed E-state index contributed by atoms with van der Waals surface area (Å²) < 4.78 is 11.4. The van der Waals surface area contributed by atoms with E-state index in [0.717, 1.165) is 78.3 Å². The number of ether oxygens (including phenoxy) is 2. The Morgan fingerprint density at radius 3 is 2.49 bits per heavy atom. The number of carbonyl (C=O) groups is 1. The van der Waals surface area contributed by atoms with E-state index in [4.69, 9.17) is 19.4 Å². The monoisotopic (exact) mass is 556 g/mol. The van der Waals surface area contributed by atoms with Crippen LogP contribution in [0, 0.1) is 30.6 Å². The van der Waals surface area contributed by atoms with E-state index in [-0.39, 0.29) is 17.6 Å². The summed E-state index contributed by atoms with van der Waals surface area (Å²) in [6.45, 7) is 14.9. The smallest absolute Gasteiger partial charge is 0.410 e. The second-order valence-corrected chi connectivity index (χ2v) is 12.5. The lowest BCUT2D eigenvalue weighted by Crippen LogP contribution is -2.62. The molecule has 5 rings (SSSR count). The average Bonchev–Trinajstić information content (AvgIpc) is 2.90. The van der Waals surface area contributed by atoms with Crippen LogP contribution >= 0.6 is 0 Å². The van der Waals surface area contributed by atoms with Gasteiger partial charge in [-0.25, -0.2) is 14.8 Å². The number of rotatable bonds is 5. The van der Waals surface area contributed by atoms with Crippen molar-refractivity contribution >= 4 is 28.5 Å². The van der Waals surface area contributed by atoms with Gasteiger partial charge < -0.3 is 24.6 Å². The van der Waals surface area contributed by atoms with Gasteiger partial charge in [-0.1, -0.05) is 12.1 Å². The minimum absolute atomic E-state index is 0.0623. The van der Waals surface area contributed by atoms with Gasteiger partial charge in [0.1, 0.15) is 23.0 Å². The van der Waals surface area contributed by atoms with Gasteiger partial charge in [0.2, 0.25) is 0 Å². The number of anilines is 2. The summed E-state index contributed by atoms with van der Waals surface area (Å²) in [5.74, 6) is 2.21. The highest BCUT2D eigenvalue weighted by Gasteiger charge is 2.48. The van der Waals surface area contributed by atoms with Crippen molar-refractivity contribution < 1.29 is 14.3 Å². The lowest BCUT2D eigenvalue weighted by molar-refractivity contribution is -0.0434. The third-order valence-electron chi connectivity index (χ3n) is 8.29. The highest BCUT2D eigenvalue weighted by atomic mass is 16.6. The van der Waals surface area contributed by atoms with Crippen molar-refractivity contribution in [3.63, 3.8) is 0 Å². The molecule has 2 aromatic carbocycles. The van der Waals surface area contributed by atoms with Gasteiger partial charge in [-0.2, -0.15) is 5.26 Å². The molecule has 9 nitrogen and oxygen atoms in total. The van der Waals surface area contributed by atoms with Crippen LogP contribution < -0.4 is 15.0 Å². The van der Waals surface area contributed by atoms with Crippen LogP contribution in [0.15, 0.2) is 30.3 Å². The zero-order valence-electron chi connectivity index (χ0n) is 25.2. The van der Waals surface area contributed by atoms with E-state index in [2.05, 4.69) is 29.3 Å². The number of hydrogen-bond donors (Lipinski definition) is 1. The lowest BCUT2D eigenvalue weighted by Gasteiger charge is -2.54. The summed E-state index contributed by atoms with van der Waals surface area (Å²) in [7, 11) is 1.70. The van der Waals surface area contributed by atoms with Crippen molar-refractivity contribution in [2.24, 2.45) is 5.41 Å². The molecule has 216 valence electrons. The Morgan fingerprint density at radius 2 is 1.85 bits per heavy atom. The first-order valence-corrected chi connectivity index (χ1v) is 14.3. The number of nitriles is 1. The van der Waals surface area contributed by atoms with Gasteiger partial charge >= 0.3 is 6.09 Å². The molecule has 1 aromatic heterocycles. The Bertz CT molecular complexity index is 1510. The number of methoxy groups -OCH3 is 1. The van der Waals surface area contributed by atoms with Gasteiger partial charge in [0.15, 0.2) is 0 Å². The maximum absolute atomic E-state index is 12.5. The van der Waals surface area contributed by atoms with Crippen molar-refractivity contribution in [3.05, 3.63) is 52.8 Å². The number of piperidine rings is 1. The molecule has 2 aliphatic heterocycles. The molecule has 2 aliphatic rings. The number of nitrogens with zero attached hydrogens (tertiary/aromatic N) is 5. The van der Waals surface area contributed by atoms with Gasteiger partial charge in [0.25, 0.3) is 0 Å². The fourth-order valence-electron chi connectivity index (χ4n) is 6.07. The second-order valence-electron chi connectivity index (χ2n) is 12.5. The van der Waals surface area contributed by atoms with Crippen LogP contribution in [0.5, 0.6) is 5.75 Å². The predicted octanol–water partition coefficient (Wildman–Crippen LogP) is 6.14. The summed E-state index contributed by atoms with van der Waals surface area (Å²) in [6.07, 6.45) is 1.77. The van der Waals surface area contributed by atoms with E-state index >= 15 is 0 Å². The minimum Gasteiger partial charge on any atom is -0.495 e. The van der Waals surface area contributed by atoms with Crippen molar-refractivity contribution in [2.45, 2.75) is 66.0 Å². The fraction of sp³-hybridized carbons (Fsp3) is 0.500. The van der Waals surface area contributed by atoms with Crippen molar-refractivity contribution in [2.75, 3.05) is 43.5 Å². The number of hydrogen-bond acceptors (Lipinski definition) is 8. The molecular weight excluding hydrogens is 516 g/mol. The summed E-state index contributed by atoms with van der Waals surface area (Å²) >= 11 is 0. The predicted molar refractivity (Wildman–Crippen MR) is 160 cm³/mol. The molecule has 0 unspecified atom stereocenters. The van der Waals surface area contributed by atoms with Crippen LogP contribution in [0.1, 0.15) is 69.1 Å². The van der Waals surface area contributed by atoms with Crippen molar-refractivity contribution in [3.8, 4) is 11.8 Å². The van der Waals surface area contributed by atoms with Crippen molar-refractivity contribution in [1.29, 1.82) is 5.26 Å². The third-order valence-corrected chi connectivity index (χ3v) is 8.29. The summed E-state index contributed by atoms with van der Waals surface area (Å²) in [5.41, 5.74) is 4.20. The number of fused-ring (bicyclic) bond motifs is 1. The molecule has 41 heavy (non-hydrogen) atoms. The lowest BCUT2D eigenvalue weighted by atomic mass is 9.72. The third kappa shape index (κ3) is 5.74. The first kappa shape index (κ1) is 28.5. The second kappa shape index (κ2) is 10.7. The quantitative estimate of drug-likeness (QED) is 0.400. The van der Waals surface area contributed by atoms with E-state index in [1.165, 1.54) is 0 Å². The molecule has 0 bridgehead atoms. The van der Waals surface area contributed by atoms with Gasteiger partial charge in [-0.3, -0.25) is 0 Å². The van der Waals surface area contributed by atoms with E-state index < -0.39 is 5.60 Å². The highest BCUT2D eigenvalue weighted by molar-refractivity contribution is 5.94. The number of aryl methyl sites for hydroxylation is 1. The number of nitrogens with one attached hydrogen (secondary N) is 1. The molecule has 1 N–H and O–H groups in total. The average molecular weight is 557 g/mol. The van der Waals surface area contributed by atoms with Crippen LogP contribution in [0.3, 0.4) is 0 Å². The molecule has 2 saturated heterocycles. The Kier molecular flexibility index (Phi) is 7.45. The molecule has 1 atom stereocenters. The number of aromatic nitrogens is 2. The van der Waals surface area contributed by atoms with E-state index in [9.17, 15) is 10.1 Å². The summed E-state index contributed by atoms with van der Waals surface area (Å²) in [6, 6.07) is 12.2.